The normalized spacial score (nSPS) is 13.2. The fraction of sp³-hybridized carbons (Fsp3) is 0.261. The van der Waals surface area contributed by atoms with E-state index in [2.05, 4.69) is 30.8 Å². The fourth-order valence-electron chi connectivity index (χ4n) is 3.41. The van der Waals surface area contributed by atoms with Crippen molar-refractivity contribution < 1.29 is 4.79 Å². The predicted molar refractivity (Wildman–Crippen MR) is 122 cm³/mol. The van der Waals surface area contributed by atoms with E-state index in [1.807, 2.05) is 68.4 Å². The molecule has 1 saturated heterocycles. The Morgan fingerprint density at radius 2 is 1.40 bits per heavy atom. The molecule has 7 nitrogen and oxygen atoms in total. The maximum Gasteiger partial charge on any atom is 0.323 e. The summed E-state index contributed by atoms with van der Waals surface area (Å²) in [5.41, 5.74) is 4.39. The van der Waals surface area contributed by atoms with Gasteiger partial charge in [0.05, 0.1) is 0 Å². The molecule has 154 valence electrons. The lowest BCUT2D eigenvalue weighted by Gasteiger charge is -2.17. The molecule has 30 heavy (non-hydrogen) atoms. The number of anilines is 5. The van der Waals surface area contributed by atoms with E-state index in [0.717, 1.165) is 41.5 Å². The second-order valence-corrected chi connectivity index (χ2v) is 7.53. The molecular formula is C23H26N6O. The molecule has 0 bridgehead atoms. The monoisotopic (exact) mass is 402 g/mol. The van der Waals surface area contributed by atoms with Crippen molar-refractivity contribution in [1.82, 2.24) is 9.97 Å². The third-order valence-corrected chi connectivity index (χ3v) is 4.98. The van der Waals surface area contributed by atoms with Gasteiger partial charge in [-0.15, -0.1) is 0 Å². The molecule has 0 unspecified atom stereocenters. The van der Waals surface area contributed by atoms with Crippen molar-refractivity contribution in [2.75, 3.05) is 33.9 Å². The van der Waals surface area contributed by atoms with Crippen molar-refractivity contribution in [2.45, 2.75) is 26.7 Å². The molecule has 1 fully saturated rings. The van der Waals surface area contributed by atoms with Gasteiger partial charge in [0.1, 0.15) is 5.82 Å². The first kappa shape index (κ1) is 19.7. The number of carbonyl (C=O) groups excluding carboxylic acids is 1. The summed E-state index contributed by atoms with van der Waals surface area (Å²) in [4.78, 5) is 23.6. The van der Waals surface area contributed by atoms with Crippen LogP contribution in [0.2, 0.25) is 0 Å². The second-order valence-electron chi connectivity index (χ2n) is 7.53. The van der Waals surface area contributed by atoms with Gasteiger partial charge in [-0.3, -0.25) is 0 Å². The number of hydrogen-bond acceptors (Lipinski definition) is 5. The van der Waals surface area contributed by atoms with Gasteiger partial charge in [-0.1, -0.05) is 17.7 Å². The number of urea groups is 1. The smallest absolute Gasteiger partial charge is 0.323 e. The molecular weight excluding hydrogens is 376 g/mol. The number of nitrogens with one attached hydrogen (secondary N) is 3. The summed E-state index contributed by atoms with van der Waals surface area (Å²) < 4.78 is 0. The van der Waals surface area contributed by atoms with E-state index < -0.39 is 0 Å². The van der Waals surface area contributed by atoms with E-state index in [-0.39, 0.29) is 6.03 Å². The highest BCUT2D eigenvalue weighted by molar-refractivity contribution is 5.99. The van der Waals surface area contributed by atoms with Gasteiger partial charge in [0.25, 0.3) is 0 Å². The zero-order chi connectivity index (χ0) is 20.9. The highest BCUT2D eigenvalue weighted by Crippen LogP contribution is 2.22. The van der Waals surface area contributed by atoms with Gasteiger partial charge in [-0.05, 0) is 63.1 Å². The Hall–Kier alpha value is -3.61. The summed E-state index contributed by atoms with van der Waals surface area (Å²) in [5.74, 6) is 1.54. The molecule has 1 aliphatic rings. The molecule has 1 aliphatic heterocycles. The molecule has 0 saturated carbocycles. The van der Waals surface area contributed by atoms with E-state index in [1.54, 1.807) is 0 Å². The van der Waals surface area contributed by atoms with E-state index in [9.17, 15) is 4.79 Å². The van der Waals surface area contributed by atoms with Crippen LogP contribution in [0, 0.1) is 13.8 Å². The molecule has 3 N–H and O–H groups in total. The van der Waals surface area contributed by atoms with Gasteiger partial charge >= 0.3 is 6.03 Å². The summed E-state index contributed by atoms with van der Waals surface area (Å²) in [6.45, 7) is 6.07. The molecule has 3 aromatic rings. The summed E-state index contributed by atoms with van der Waals surface area (Å²) in [6, 6.07) is 16.9. The van der Waals surface area contributed by atoms with Crippen LogP contribution in [0.4, 0.5) is 33.6 Å². The van der Waals surface area contributed by atoms with Gasteiger partial charge in [-0.2, -0.15) is 4.98 Å². The molecule has 2 heterocycles. The van der Waals surface area contributed by atoms with E-state index in [0.29, 0.717) is 11.6 Å². The standard InChI is InChI=1S/C23H26N6O/c1-16-5-7-19(8-6-16)26-23(30)27-20-11-9-18(10-12-20)25-22-24-17(2)15-21(28-22)29-13-3-4-14-29/h5-12,15H,3-4,13-14H2,1-2H3,(H,24,25,28)(H2,26,27,30). The van der Waals surface area contributed by atoms with Gasteiger partial charge in [0, 0.05) is 41.9 Å². The van der Waals surface area contributed by atoms with Crippen molar-refractivity contribution in [2.24, 2.45) is 0 Å². The predicted octanol–water partition coefficient (Wildman–Crippen LogP) is 5.08. The van der Waals surface area contributed by atoms with E-state index in [1.165, 1.54) is 12.8 Å². The van der Waals surface area contributed by atoms with Crippen molar-refractivity contribution in [3.8, 4) is 0 Å². The Morgan fingerprint density at radius 1 is 0.833 bits per heavy atom. The van der Waals surface area contributed by atoms with Gasteiger partial charge in [-0.25, -0.2) is 9.78 Å². The Morgan fingerprint density at radius 3 is 2.03 bits per heavy atom. The summed E-state index contributed by atoms with van der Waals surface area (Å²) >= 11 is 0. The Balaban J connectivity index is 1.37. The molecule has 4 rings (SSSR count). The number of carbonyl (C=O) groups is 1. The van der Waals surface area contributed by atoms with Crippen molar-refractivity contribution in [1.29, 1.82) is 0 Å². The molecule has 2 aromatic carbocycles. The minimum absolute atomic E-state index is 0.281. The fourth-order valence-corrected chi connectivity index (χ4v) is 3.41. The Kier molecular flexibility index (Phi) is 5.79. The number of benzene rings is 2. The van der Waals surface area contributed by atoms with Crippen LogP contribution in [0.15, 0.2) is 54.6 Å². The lowest BCUT2D eigenvalue weighted by molar-refractivity contribution is 0.262. The first-order valence-corrected chi connectivity index (χ1v) is 10.2. The highest BCUT2D eigenvalue weighted by Gasteiger charge is 2.15. The molecule has 0 spiro atoms. The molecule has 0 radical (unpaired) electrons. The van der Waals surface area contributed by atoms with Gasteiger partial charge < -0.3 is 20.9 Å². The van der Waals surface area contributed by atoms with E-state index >= 15 is 0 Å². The third-order valence-electron chi connectivity index (χ3n) is 4.98. The van der Waals surface area contributed by atoms with Gasteiger partial charge in [0.15, 0.2) is 0 Å². The molecule has 7 heteroatoms. The first-order chi connectivity index (χ1) is 14.5. The minimum Gasteiger partial charge on any atom is -0.356 e. The van der Waals surface area contributed by atoms with Crippen LogP contribution < -0.4 is 20.9 Å². The Labute approximate surface area is 176 Å². The van der Waals surface area contributed by atoms with Crippen LogP contribution in [0.5, 0.6) is 0 Å². The van der Waals surface area contributed by atoms with Crippen LogP contribution in [-0.2, 0) is 0 Å². The number of aryl methyl sites for hydroxylation is 2. The van der Waals surface area contributed by atoms with Crippen molar-refractivity contribution in [3.05, 3.63) is 65.9 Å². The van der Waals surface area contributed by atoms with Crippen molar-refractivity contribution in [3.63, 3.8) is 0 Å². The number of aromatic nitrogens is 2. The van der Waals surface area contributed by atoms with Crippen LogP contribution in [0.1, 0.15) is 24.1 Å². The van der Waals surface area contributed by atoms with E-state index in [4.69, 9.17) is 0 Å². The maximum atomic E-state index is 12.2. The topological polar surface area (TPSA) is 82.2 Å². The largest absolute Gasteiger partial charge is 0.356 e. The van der Waals surface area contributed by atoms with Crippen LogP contribution >= 0.6 is 0 Å². The Bertz CT molecular complexity index is 1010. The van der Waals surface area contributed by atoms with Crippen LogP contribution in [0.25, 0.3) is 0 Å². The number of rotatable bonds is 5. The SMILES string of the molecule is Cc1ccc(NC(=O)Nc2ccc(Nc3nc(C)cc(N4CCCC4)n3)cc2)cc1. The summed E-state index contributed by atoms with van der Waals surface area (Å²) in [7, 11) is 0. The summed E-state index contributed by atoms with van der Waals surface area (Å²) in [5, 5.41) is 8.91. The third kappa shape index (κ3) is 5.05. The number of nitrogens with zero attached hydrogens (tertiary/aromatic N) is 3. The van der Waals surface area contributed by atoms with Crippen LogP contribution in [-0.4, -0.2) is 29.1 Å². The van der Waals surface area contributed by atoms with Crippen LogP contribution in [0.3, 0.4) is 0 Å². The average Bonchev–Trinajstić information content (AvgIpc) is 3.26. The highest BCUT2D eigenvalue weighted by atomic mass is 16.2. The molecule has 2 amide bonds. The summed E-state index contributed by atoms with van der Waals surface area (Å²) in [6.07, 6.45) is 2.41. The lowest BCUT2D eigenvalue weighted by atomic mass is 10.2. The second kappa shape index (κ2) is 8.82. The number of amides is 2. The van der Waals surface area contributed by atoms with Crippen molar-refractivity contribution >= 4 is 34.9 Å². The molecule has 0 atom stereocenters. The zero-order valence-corrected chi connectivity index (χ0v) is 17.3. The first-order valence-electron chi connectivity index (χ1n) is 10.2. The zero-order valence-electron chi connectivity index (χ0n) is 17.3. The molecule has 1 aromatic heterocycles. The van der Waals surface area contributed by atoms with Gasteiger partial charge in [0.2, 0.25) is 5.95 Å². The molecule has 0 aliphatic carbocycles. The minimum atomic E-state index is -0.281. The maximum absolute atomic E-state index is 12.2. The lowest BCUT2D eigenvalue weighted by Crippen LogP contribution is -2.20. The average molecular weight is 403 g/mol. The quantitative estimate of drug-likeness (QED) is 0.554. The number of hydrogen-bond donors (Lipinski definition) is 3.